The number of anilines is 1. The summed E-state index contributed by atoms with van der Waals surface area (Å²) in [5, 5.41) is 6.75. The number of halogens is 3. The van der Waals surface area contributed by atoms with E-state index in [-0.39, 0.29) is 11.8 Å². The van der Waals surface area contributed by atoms with Gasteiger partial charge < -0.3 is 21.1 Å². The Morgan fingerprint density at radius 1 is 1.07 bits per heavy atom. The number of nitrogens with two attached hydrogens (primary N) is 1. The molecule has 0 atom stereocenters. The van der Waals surface area contributed by atoms with Crippen LogP contribution in [-0.2, 0) is 11.3 Å². The van der Waals surface area contributed by atoms with Gasteiger partial charge >= 0.3 is 6.18 Å². The predicted molar refractivity (Wildman–Crippen MR) is 155 cm³/mol. The van der Waals surface area contributed by atoms with E-state index in [1.165, 1.54) is 23.1 Å². The van der Waals surface area contributed by atoms with E-state index >= 15 is 0 Å². The number of carbonyl (C=O) groups excluding carboxylic acids is 3. The van der Waals surface area contributed by atoms with Gasteiger partial charge in [-0.25, -0.2) is 4.98 Å². The molecular formula is C29H25F3N4O4S2. The highest BCUT2D eigenvalue weighted by molar-refractivity contribution is 7.99. The maximum atomic E-state index is 12.8. The fourth-order valence-corrected chi connectivity index (χ4v) is 5.54. The first-order valence-electron chi connectivity index (χ1n) is 12.6. The van der Waals surface area contributed by atoms with Crippen LogP contribution in [0.3, 0.4) is 0 Å². The normalized spacial score (nSPS) is 12.0. The molecule has 0 fully saturated rings. The van der Waals surface area contributed by atoms with Gasteiger partial charge in [0, 0.05) is 32.0 Å². The molecule has 0 saturated heterocycles. The fraction of sp³-hybridized carbons (Fsp3) is 0.172. The van der Waals surface area contributed by atoms with Gasteiger partial charge in [-0.3, -0.25) is 14.4 Å². The van der Waals surface area contributed by atoms with Crippen LogP contribution in [0.4, 0.5) is 18.9 Å². The number of benzene rings is 3. The van der Waals surface area contributed by atoms with Crippen molar-refractivity contribution in [2.75, 3.05) is 18.5 Å². The van der Waals surface area contributed by atoms with Gasteiger partial charge in [0.05, 0.1) is 24.4 Å². The van der Waals surface area contributed by atoms with Crippen molar-refractivity contribution in [3.8, 4) is 16.3 Å². The van der Waals surface area contributed by atoms with Crippen LogP contribution in [0.15, 0.2) is 82.7 Å². The monoisotopic (exact) mass is 614 g/mol. The Bertz CT molecular complexity index is 1560. The maximum Gasteiger partial charge on any atom is 0.446 e. The number of alkyl halides is 3. The van der Waals surface area contributed by atoms with Crippen LogP contribution in [0.2, 0.25) is 0 Å². The first-order valence-corrected chi connectivity index (χ1v) is 14.2. The van der Waals surface area contributed by atoms with Gasteiger partial charge in [-0.2, -0.15) is 13.2 Å². The lowest BCUT2D eigenvalue weighted by Crippen LogP contribution is -2.22. The van der Waals surface area contributed by atoms with Crippen molar-refractivity contribution in [2.45, 2.75) is 28.9 Å². The average molecular weight is 615 g/mol. The van der Waals surface area contributed by atoms with Crippen molar-refractivity contribution in [3.63, 3.8) is 0 Å². The number of carbonyl (C=O) groups is 3. The van der Waals surface area contributed by atoms with Crippen molar-refractivity contribution < 1.29 is 32.3 Å². The molecule has 218 valence electrons. The second-order valence-electron chi connectivity index (χ2n) is 8.75. The quantitative estimate of drug-likeness (QED) is 0.166. The highest BCUT2D eigenvalue weighted by Gasteiger charge is 2.25. The second-order valence-corrected chi connectivity index (χ2v) is 11.0. The van der Waals surface area contributed by atoms with Crippen LogP contribution in [0.1, 0.15) is 32.0 Å². The van der Waals surface area contributed by atoms with Gasteiger partial charge in [0.2, 0.25) is 6.29 Å². The number of fused-ring (bicyclic) bond motifs is 2. The number of hydrogen-bond donors (Lipinski definition) is 3. The number of amides is 2. The smallest absolute Gasteiger partial charge is 0.446 e. The Balaban J connectivity index is 0.000000612. The van der Waals surface area contributed by atoms with Crippen LogP contribution in [0.25, 0.3) is 10.6 Å². The number of ether oxygens (including phenoxy) is 1. The van der Waals surface area contributed by atoms with Gasteiger partial charge in [0.1, 0.15) is 10.8 Å². The molecule has 4 N–H and O–H groups in total. The lowest BCUT2D eigenvalue weighted by Gasteiger charge is -2.09. The van der Waals surface area contributed by atoms with E-state index in [0.717, 1.165) is 37.4 Å². The van der Waals surface area contributed by atoms with E-state index in [1.54, 1.807) is 24.4 Å². The summed E-state index contributed by atoms with van der Waals surface area (Å²) < 4.78 is 36.9. The topological polar surface area (TPSA) is 123 Å². The van der Waals surface area contributed by atoms with E-state index in [9.17, 15) is 22.8 Å². The standard InChI is InChI=1S/C27H24N4O3S2.C2HF3O/c28-12-3-13-34-19-9-6-17(7-10-19)27-30-16-20(35-27)15-29-25(32)18-8-11-24-22(14-18)31-26(33)21-4-1-2-5-23(21)36-24;3-2(4,5)1-6/h1-2,4-11,14,16H,3,12-13,15,28H2,(H,29,32)(H,31,33);1H. The zero-order valence-electron chi connectivity index (χ0n) is 21.9. The first kappa shape index (κ1) is 30.8. The molecule has 3 aromatic carbocycles. The summed E-state index contributed by atoms with van der Waals surface area (Å²) in [6.07, 6.45) is -3.11. The molecule has 2 heterocycles. The van der Waals surface area contributed by atoms with E-state index in [2.05, 4.69) is 15.6 Å². The Kier molecular flexibility index (Phi) is 10.3. The first-order chi connectivity index (χ1) is 20.2. The molecule has 0 spiro atoms. The number of aromatic nitrogens is 1. The van der Waals surface area contributed by atoms with Crippen LogP contribution in [-0.4, -0.2) is 42.4 Å². The maximum absolute atomic E-state index is 12.8. The van der Waals surface area contributed by atoms with Crippen LogP contribution < -0.4 is 21.1 Å². The third-order valence-electron chi connectivity index (χ3n) is 5.67. The minimum Gasteiger partial charge on any atom is -0.494 e. The number of rotatable bonds is 8. The summed E-state index contributed by atoms with van der Waals surface area (Å²) in [5.41, 5.74) is 8.22. The zero-order chi connectivity index (χ0) is 30.1. The molecule has 8 nitrogen and oxygen atoms in total. The molecule has 4 aromatic rings. The number of hydrogen-bond acceptors (Lipinski definition) is 8. The molecule has 1 aliphatic heterocycles. The van der Waals surface area contributed by atoms with Crippen molar-refractivity contribution in [3.05, 3.63) is 88.9 Å². The van der Waals surface area contributed by atoms with Crippen LogP contribution >= 0.6 is 23.1 Å². The molecule has 0 unspecified atom stereocenters. The molecule has 42 heavy (non-hydrogen) atoms. The predicted octanol–water partition coefficient (Wildman–Crippen LogP) is 5.93. The number of nitrogens with one attached hydrogen (secondary N) is 2. The van der Waals surface area contributed by atoms with Crippen molar-refractivity contribution in [1.29, 1.82) is 0 Å². The highest BCUT2D eigenvalue weighted by Crippen LogP contribution is 2.39. The summed E-state index contributed by atoms with van der Waals surface area (Å²) >= 11 is 3.04. The van der Waals surface area contributed by atoms with Crippen molar-refractivity contribution in [2.24, 2.45) is 5.73 Å². The molecule has 1 aromatic heterocycles. The molecule has 0 bridgehead atoms. The number of thiazole rings is 1. The van der Waals surface area contributed by atoms with Crippen molar-refractivity contribution >= 4 is 46.9 Å². The third kappa shape index (κ3) is 8.41. The highest BCUT2D eigenvalue weighted by atomic mass is 32.2. The second kappa shape index (κ2) is 14.1. The zero-order valence-corrected chi connectivity index (χ0v) is 23.6. The minimum atomic E-state index is -4.64. The summed E-state index contributed by atoms with van der Waals surface area (Å²) in [4.78, 5) is 41.4. The Hall–Kier alpha value is -4.20. The summed E-state index contributed by atoms with van der Waals surface area (Å²) in [5.74, 6) is 0.407. The van der Waals surface area contributed by atoms with Gasteiger partial charge in [0.25, 0.3) is 11.8 Å². The van der Waals surface area contributed by atoms with Crippen LogP contribution in [0.5, 0.6) is 5.75 Å². The Labute approximate surface area is 247 Å². The van der Waals surface area contributed by atoms with Gasteiger partial charge in [-0.1, -0.05) is 23.9 Å². The van der Waals surface area contributed by atoms with E-state index < -0.39 is 12.5 Å². The molecular weight excluding hydrogens is 589 g/mol. The SMILES string of the molecule is NCCCOc1ccc(-c2ncc(CNC(=O)c3ccc4c(c3)NC(=O)c3ccccc3S4)s2)cc1.O=CC(F)(F)F. The average Bonchev–Trinajstić information content (AvgIpc) is 3.41. The van der Waals surface area contributed by atoms with E-state index in [1.807, 2.05) is 48.5 Å². The van der Waals surface area contributed by atoms with Crippen molar-refractivity contribution in [1.82, 2.24) is 10.3 Å². The molecule has 0 aliphatic carbocycles. The largest absolute Gasteiger partial charge is 0.494 e. The lowest BCUT2D eigenvalue weighted by atomic mass is 10.1. The number of aldehydes is 1. The van der Waals surface area contributed by atoms with Gasteiger partial charge in [-0.05, 0) is 67.6 Å². The summed E-state index contributed by atoms with van der Waals surface area (Å²) in [6, 6.07) is 20.6. The lowest BCUT2D eigenvalue weighted by molar-refractivity contribution is -0.156. The Morgan fingerprint density at radius 2 is 1.81 bits per heavy atom. The van der Waals surface area contributed by atoms with E-state index in [0.29, 0.717) is 36.5 Å². The van der Waals surface area contributed by atoms with E-state index in [4.69, 9.17) is 15.3 Å². The minimum absolute atomic E-state index is 0.179. The van der Waals surface area contributed by atoms with Gasteiger partial charge in [0.15, 0.2) is 0 Å². The summed E-state index contributed by atoms with van der Waals surface area (Å²) in [7, 11) is 0. The third-order valence-corrected chi connectivity index (χ3v) is 7.87. The molecule has 5 rings (SSSR count). The number of nitrogens with zero attached hydrogens (tertiary/aromatic N) is 1. The molecule has 0 radical (unpaired) electrons. The Morgan fingerprint density at radius 3 is 2.52 bits per heavy atom. The molecule has 13 heteroatoms. The fourth-order valence-electron chi connectivity index (χ4n) is 3.67. The van der Waals surface area contributed by atoms with Gasteiger partial charge in [-0.15, -0.1) is 11.3 Å². The molecule has 1 aliphatic rings. The summed E-state index contributed by atoms with van der Waals surface area (Å²) in [6.45, 7) is 1.56. The molecule has 2 amide bonds. The molecule has 0 saturated carbocycles. The van der Waals surface area contributed by atoms with Crippen LogP contribution in [0, 0.1) is 0 Å².